The normalized spacial score (nSPS) is 15.3. The molecule has 1 saturated carbocycles. The zero-order valence-corrected chi connectivity index (χ0v) is 12.2. The first-order valence-electron chi connectivity index (χ1n) is 7.52. The van der Waals surface area contributed by atoms with Gasteiger partial charge in [0.2, 0.25) is 11.8 Å². The Morgan fingerprint density at radius 2 is 1.86 bits per heavy atom. The fourth-order valence-electron chi connectivity index (χ4n) is 2.08. The maximum Gasteiger partial charge on any atom is 0.221 e. The molecule has 1 aliphatic rings. The molecule has 114 valence electrons. The van der Waals surface area contributed by atoms with Crippen LogP contribution < -0.4 is 16.4 Å². The van der Waals surface area contributed by atoms with Gasteiger partial charge in [-0.3, -0.25) is 9.59 Å². The predicted octanol–water partition coefficient (Wildman–Crippen LogP) is 1.25. The summed E-state index contributed by atoms with van der Waals surface area (Å²) < 4.78 is 0. The molecule has 0 spiro atoms. The Bertz CT molecular complexity index is 472. The van der Waals surface area contributed by atoms with E-state index in [1.807, 2.05) is 30.3 Å². The molecule has 0 aromatic heterocycles. The molecule has 1 aromatic rings. The van der Waals surface area contributed by atoms with Crippen molar-refractivity contribution in [2.24, 2.45) is 5.73 Å². The van der Waals surface area contributed by atoms with E-state index in [1.165, 1.54) is 0 Å². The zero-order chi connectivity index (χ0) is 15.1. The van der Waals surface area contributed by atoms with Gasteiger partial charge in [0.05, 0.1) is 0 Å². The third kappa shape index (κ3) is 5.95. The molecule has 5 heteroatoms. The van der Waals surface area contributed by atoms with E-state index in [-0.39, 0.29) is 17.9 Å². The predicted molar refractivity (Wildman–Crippen MR) is 81.4 cm³/mol. The third-order valence-electron chi connectivity index (χ3n) is 3.53. The Kier molecular flexibility index (Phi) is 5.75. The molecular weight excluding hydrogens is 266 g/mol. The highest BCUT2D eigenvalue weighted by Crippen LogP contribution is 2.18. The monoisotopic (exact) mass is 289 g/mol. The molecular formula is C16H23N3O2. The lowest BCUT2D eigenvalue weighted by Gasteiger charge is -2.11. The first kappa shape index (κ1) is 15.5. The number of amides is 2. The Labute approximate surface area is 125 Å². The van der Waals surface area contributed by atoms with Crippen LogP contribution in [0.2, 0.25) is 0 Å². The van der Waals surface area contributed by atoms with Crippen molar-refractivity contribution in [2.45, 2.75) is 44.2 Å². The van der Waals surface area contributed by atoms with Crippen molar-refractivity contribution in [3.8, 4) is 0 Å². The average molecular weight is 289 g/mol. The van der Waals surface area contributed by atoms with Gasteiger partial charge < -0.3 is 16.4 Å². The van der Waals surface area contributed by atoms with Crippen LogP contribution >= 0.6 is 0 Å². The van der Waals surface area contributed by atoms with Crippen LogP contribution in [0.25, 0.3) is 0 Å². The molecule has 1 unspecified atom stereocenters. The average Bonchev–Trinajstić information content (AvgIpc) is 3.29. The highest BCUT2D eigenvalue weighted by atomic mass is 16.2. The van der Waals surface area contributed by atoms with Gasteiger partial charge in [-0.1, -0.05) is 30.3 Å². The molecule has 0 aliphatic heterocycles. The summed E-state index contributed by atoms with van der Waals surface area (Å²) in [5.41, 5.74) is 7.07. The Morgan fingerprint density at radius 1 is 1.14 bits per heavy atom. The fraction of sp³-hybridized carbons (Fsp3) is 0.500. The summed E-state index contributed by atoms with van der Waals surface area (Å²) in [6, 6.07) is 9.99. The van der Waals surface area contributed by atoms with Crippen molar-refractivity contribution in [2.75, 3.05) is 6.54 Å². The first-order valence-corrected chi connectivity index (χ1v) is 7.52. The van der Waals surface area contributed by atoms with Gasteiger partial charge in [0.25, 0.3) is 0 Å². The molecule has 0 saturated heterocycles. The Balaban J connectivity index is 1.57. The quantitative estimate of drug-likeness (QED) is 0.673. The van der Waals surface area contributed by atoms with Gasteiger partial charge in [-0.05, 0) is 24.8 Å². The molecule has 0 radical (unpaired) electrons. The highest BCUT2D eigenvalue weighted by Gasteiger charge is 2.22. The lowest BCUT2D eigenvalue weighted by atomic mass is 10.0. The molecule has 5 nitrogen and oxygen atoms in total. The molecule has 1 atom stereocenters. The number of nitrogens with two attached hydrogens (primary N) is 1. The minimum Gasteiger partial charge on any atom is -0.356 e. The number of hydrogen-bond acceptors (Lipinski definition) is 3. The second kappa shape index (κ2) is 7.78. The van der Waals surface area contributed by atoms with E-state index in [1.54, 1.807) is 0 Å². The minimum atomic E-state index is -0.130. The molecule has 1 aromatic carbocycles. The second-order valence-corrected chi connectivity index (χ2v) is 5.50. The molecule has 1 fully saturated rings. The summed E-state index contributed by atoms with van der Waals surface area (Å²) >= 11 is 0. The van der Waals surface area contributed by atoms with Gasteiger partial charge in [0, 0.05) is 31.5 Å². The SMILES string of the molecule is NC(CCC(=O)NCCC(=O)NC1CC1)c1ccccc1. The van der Waals surface area contributed by atoms with E-state index >= 15 is 0 Å². The van der Waals surface area contributed by atoms with Crippen LogP contribution in [-0.2, 0) is 9.59 Å². The lowest BCUT2D eigenvalue weighted by Crippen LogP contribution is -2.31. The summed E-state index contributed by atoms with van der Waals surface area (Å²) in [6.07, 6.45) is 3.47. The number of carbonyl (C=O) groups is 2. The zero-order valence-electron chi connectivity index (χ0n) is 12.2. The standard InChI is InChI=1S/C16H23N3O2/c17-14(12-4-2-1-3-5-12)8-9-15(20)18-11-10-16(21)19-13-6-7-13/h1-5,13-14H,6-11,17H2,(H,18,20)(H,19,21). The minimum absolute atomic E-state index is 0.0128. The van der Waals surface area contributed by atoms with Crippen LogP contribution in [0, 0.1) is 0 Å². The summed E-state index contributed by atoms with van der Waals surface area (Å²) in [5, 5.41) is 5.65. The molecule has 2 amide bonds. The number of hydrogen-bond donors (Lipinski definition) is 3. The van der Waals surface area contributed by atoms with E-state index in [2.05, 4.69) is 10.6 Å². The molecule has 21 heavy (non-hydrogen) atoms. The van der Waals surface area contributed by atoms with Crippen LogP contribution in [0.4, 0.5) is 0 Å². The molecule has 2 rings (SSSR count). The van der Waals surface area contributed by atoms with Crippen LogP contribution in [0.1, 0.15) is 43.7 Å². The van der Waals surface area contributed by atoms with Gasteiger partial charge in [-0.2, -0.15) is 0 Å². The fourth-order valence-corrected chi connectivity index (χ4v) is 2.08. The Hall–Kier alpha value is -1.88. The van der Waals surface area contributed by atoms with Gasteiger partial charge >= 0.3 is 0 Å². The summed E-state index contributed by atoms with van der Waals surface area (Å²) in [4.78, 5) is 23.1. The maximum atomic E-state index is 11.7. The number of rotatable bonds is 8. The van der Waals surface area contributed by atoms with Gasteiger partial charge in [0.1, 0.15) is 0 Å². The van der Waals surface area contributed by atoms with Crippen LogP contribution in [0.3, 0.4) is 0 Å². The van der Waals surface area contributed by atoms with Crippen molar-refractivity contribution >= 4 is 11.8 Å². The van der Waals surface area contributed by atoms with Crippen molar-refractivity contribution < 1.29 is 9.59 Å². The summed E-state index contributed by atoms with van der Waals surface area (Å²) in [7, 11) is 0. The van der Waals surface area contributed by atoms with E-state index in [0.29, 0.717) is 31.8 Å². The van der Waals surface area contributed by atoms with Crippen molar-refractivity contribution in [3.63, 3.8) is 0 Å². The molecule has 0 bridgehead atoms. The van der Waals surface area contributed by atoms with Crippen molar-refractivity contribution in [1.82, 2.24) is 10.6 Å². The van der Waals surface area contributed by atoms with Gasteiger partial charge in [0.15, 0.2) is 0 Å². The largest absolute Gasteiger partial charge is 0.356 e. The summed E-state index contributed by atoms with van der Waals surface area (Å²) in [6.45, 7) is 0.387. The topological polar surface area (TPSA) is 84.2 Å². The Morgan fingerprint density at radius 3 is 2.52 bits per heavy atom. The summed E-state index contributed by atoms with van der Waals surface area (Å²) in [5.74, 6) is -0.0422. The number of benzene rings is 1. The van der Waals surface area contributed by atoms with Crippen LogP contribution in [-0.4, -0.2) is 24.4 Å². The molecule has 1 aliphatic carbocycles. The van der Waals surface area contributed by atoms with Gasteiger partial charge in [-0.15, -0.1) is 0 Å². The molecule has 4 N–H and O–H groups in total. The smallest absolute Gasteiger partial charge is 0.221 e. The lowest BCUT2D eigenvalue weighted by molar-refractivity contribution is -0.122. The van der Waals surface area contributed by atoms with Crippen molar-refractivity contribution in [3.05, 3.63) is 35.9 Å². The van der Waals surface area contributed by atoms with Crippen LogP contribution in [0.15, 0.2) is 30.3 Å². The number of nitrogens with one attached hydrogen (secondary N) is 2. The number of carbonyl (C=O) groups excluding carboxylic acids is 2. The third-order valence-corrected chi connectivity index (χ3v) is 3.53. The highest BCUT2D eigenvalue weighted by molar-refractivity contribution is 5.79. The molecule has 0 heterocycles. The van der Waals surface area contributed by atoms with Gasteiger partial charge in [-0.25, -0.2) is 0 Å². The maximum absolute atomic E-state index is 11.7. The van der Waals surface area contributed by atoms with E-state index in [4.69, 9.17) is 5.73 Å². The second-order valence-electron chi connectivity index (χ2n) is 5.50. The van der Waals surface area contributed by atoms with E-state index in [9.17, 15) is 9.59 Å². The van der Waals surface area contributed by atoms with Crippen LogP contribution in [0.5, 0.6) is 0 Å². The van der Waals surface area contributed by atoms with E-state index < -0.39 is 0 Å². The van der Waals surface area contributed by atoms with Crippen molar-refractivity contribution in [1.29, 1.82) is 0 Å². The first-order chi connectivity index (χ1) is 10.1. The van der Waals surface area contributed by atoms with E-state index in [0.717, 1.165) is 18.4 Å².